The van der Waals surface area contributed by atoms with Crippen LogP contribution in [0.15, 0.2) is 0 Å². The van der Waals surface area contributed by atoms with Crippen molar-refractivity contribution in [1.82, 2.24) is 10.2 Å². The Morgan fingerprint density at radius 1 is 1.12 bits per heavy atom. The first-order chi connectivity index (χ1) is 7.40. The fourth-order valence-corrected chi connectivity index (χ4v) is 2.59. The second kappa shape index (κ2) is 7.60. The maximum atomic E-state index is 3.57. The summed E-state index contributed by atoms with van der Waals surface area (Å²) >= 11 is 0. The molecule has 0 amide bonds. The van der Waals surface area contributed by atoms with Crippen molar-refractivity contribution < 1.29 is 0 Å². The second-order valence-corrected chi connectivity index (χ2v) is 6.60. The lowest BCUT2D eigenvalue weighted by Crippen LogP contribution is -2.47. The molecule has 0 aromatic heterocycles. The molecule has 0 spiro atoms. The van der Waals surface area contributed by atoms with E-state index >= 15 is 0 Å². The Labute approximate surface area is 114 Å². The molecular weight excluding hydrogens is 232 g/mol. The van der Waals surface area contributed by atoms with Crippen molar-refractivity contribution in [3.63, 3.8) is 0 Å². The van der Waals surface area contributed by atoms with E-state index in [1.54, 1.807) is 0 Å². The van der Waals surface area contributed by atoms with Gasteiger partial charge in [0.2, 0.25) is 0 Å². The molecule has 0 aromatic carbocycles. The number of piperidine rings is 1. The number of rotatable bonds is 4. The molecule has 1 rings (SSSR count). The van der Waals surface area contributed by atoms with Gasteiger partial charge in [0.25, 0.3) is 0 Å². The molecule has 0 aliphatic carbocycles. The molecule has 1 N–H and O–H groups in total. The number of nitrogens with zero attached hydrogens (tertiary/aromatic N) is 1. The average Bonchev–Trinajstić information content (AvgIpc) is 2.14. The largest absolute Gasteiger partial charge is 0.315 e. The van der Waals surface area contributed by atoms with Gasteiger partial charge in [0.1, 0.15) is 0 Å². The smallest absolute Gasteiger partial charge is 0.0112 e. The predicted molar refractivity (Wildman–Crippen MR) is 79.1 cm³/mol. The SMILES string of the molecule is CC1CCCC(C)N1CCNCC(C)(C)C.Cl. The van der Waals surface area contributed by atoms with Gasteiger partial charge in [-0.15, -0.1) is 12.4 Å². The predicted octanol–water partition coefficient (Wildman–Crippen LogP) is 3.31. The van der Waals surface area contributed by atoms with Crippen LogP contribution in [0, 0.1) is 5.41 Å². The molecule has 0 bridgehead atoms. The van der Waals surface area contributed by atoms with Crippen LogP contribution in [-0.4, -0.2) is 36.6 Å². The summed E-state index contributed by atoms with van der Waals surface area (Å²) in [5, 5.41) is 3.57. The van der Waals surface area contributed by atoms with E-state index in [2.05, 4.69) is 44.8 Å². The van der Waals surface area contributed by atoms with Gasteiger partial charge in [-0.3, -0.25) is 4.90 Å². The Hall–Kier alpha value is 0.210. The quantitative estimate of drug-likeness (QED) is 0.782. The molecule has 1 saturated heterocycles. The molecule has 1 fully saturated rings. The average molecular weight is 263 g/mol. The molecule has 2 nitrogen and oxygen atoms in total. The van der Waals surface area contributed by atoms with Crippen LogP contribution in [0.2, 0.25) is 0 Å². The minimum atomic E-state index is 0. The lowest BCUT2D eigenvalue weighted by Gasteiger charge is -2.39. The molecule has 0 aromatic rings. The van der Waals surface area contributed by atoms with E-state index in [1.807, 2.05) is 0 Å². The van der Waals surface area contributed by atoms with Crippen molar-refractivity contribution >= 4 is 12.4 Å². The van der Waals surface area contributed by atoms with Crippen LogP contribution in [-0.2, 0) is 0 Å². The molecule has 104 valence electrons. The summed E-state index contributed by atoms with van der Waals surface area (Å²) in [6, 6.07) is 1.56. The zero-order chi connectivity index (χ0) is 12.2. The van der Waals surface area contributed by atoms with Crippen molar-refractivity contribution in [2.75, 3.05) is 19.6 Å². The summed E-state index contributed by atoms with van der Waals surface area (Å²) in [6.45, 7) is 15.1. The number of nitrogens with one attached hydrogen (secondary N) is 1. The fraction of sp³-hybridized carbons (Fsp3) is 1.00. The van der Waals surface area contributed by atoms with Crippen LogP contribution in [0.4, 0.5) is 0 Å². The maximum absolute atomic E-state index is 3.57. The van der Waals surface area contributed by atoms with Crippen LogP contribution in [0.5, 0.6) is 0 Å². The van der Waals surface area contributed by atoms with E-state index in [4.69, 9.17) is 0 Å². The number of likely N-dealkylation sites (tertiary alicyclic amines) is 1. The highest BCUT2D eigenvalue weighted by Gasteiger charge is 2.23. The molecule has 2 atom stereocenters. The Kier molecular flexibility index (Phi) is 7.70. The van der Waals surface area contributed by atoms with E-state index in [9.17, 15) is 0 Å². The molecule has 0 radical (unpaired) electrons. The Bertz CT molecular complexity index is 191. The number of hydrogen-bond acceptors (Lipinski definition) is 2. The first-order valence-corrected chi connectivity index (χ1v) is 6.86. The Morgan fingerprint density at radius 2 is 1.65 bits per heavy atom. The molecule has 1 heterocycles. The summed E-state index contributed by atoms with van der Waals surface area (Å²) in [6.07, 6.45) is 4.17. The van der Waals surface area contributed by atoms with Crippen LogP contribution in [0.3, 0.4) is 0 Å². The summed E-state index contributed by atoms with van der Waals surface area (Å²) in [7, 11) is 0. The normalized spacial score (nSPS) is 26.6. The van der Waals surface area contributed by atoms with Crippen LogP contribution in [0.25, 0.3) is 0 Å². The number of halogens is 1. The second-order valence-electron chi connectivity index (χ2n) is 6.60. The third-order valence-electron chi connectivity index (χ3n) is 3.58. The van der Waals surface area contributed by atoms with Gasteiger partial charge < -0.3 is 5.32 Å². The van der Waals surface area contributed by atoms with Crippen LogP contribution in [0.1, 0.15) is 53.9 Å². The van der Waals surface area contributed by atoms with Crippen molar-refractivity contribution in [3.8, 4) is 0 Å². The lowest BCUT2D eigenvalue weighted by atomic mass is 9.96. The van der Waals surface area contributed by atoms with Crippen molar-refractivity contribution in [1.29, 1.82) is 0 Å². The van der Waals surface area contributed by atoms with Gasteiger partial charge in [-0.25, -0.2) is 0 Å². The minimum Gasteiger partial charge on any atom is -0.315 e. The van der Waals surface area contributed by atoms with Gasteiger partial charge in [0, 0.05) is 31.7 Å². The summed E-state index contributed by atoms with van der Waals surface area (Å²) in [5.74, 6) is 0. The minimum absolute atomic E-state index is 0. The topological polar surface area (TPSA) is 15.3 Å². The standard InChI is InChI=1S/C14H30N2.ClH/c1-12-7-6-8-13(2)16(12)10-9-15-11-14(3,4)5;/h12-13,15H,6-11H2,1-5H3;1H. The van der Waals surface area contributed by atoms with E-state index in [1.165, 1.54) is 25.8 Å². The fourth-order valence-electron chi connectivity index (χ4n) is 2.59. The first-order valence-electron chi connectivity index (χ1n) is 6.86. The summed E-state index contributed by atoms with van der Waals surface area (Å²) in [4.78, 5) is 2.67. The third-order valence-corrected chi connectivity index (χ3v) is 3.58. The Morgan fingerprint density at radius 3 is 2.12 bits per heavy atom. The molecule has 2 unspecified atom stereocenters. The maximum Gasteiger partial charge on any atom is 0.0112 e. The van der Waals surface area contributed by atoms with E-state index in [0.29, 0.717) is 5.41 Å². The zero-order valence-electron chi connectivity index (χ0n) is 12.3. The molecule has 0 saturated carbocycles. The van der Waals surface area contributed by atoms with Gasteiger partial charge in [-0.05, 0) is 32.1 Å². The highest BCUT2D eigenvalue weighted by Crippen LogP contribution is 2.21. The van der Waals surface area contributed by atoms with Crippen LogP contribution >= 0.6 is 12.4 Å². The molecule has 1 aliphatic rings. The first kappa shape index (κ1) is 17.2. The zero-order valence-corrected chi connectivity index (χ0v) is 13.1. The van der Waals surface area contributed by atoms with Crippen LogP contribution < -0.4 is 5.32 Å². The third kappa shape index (κ3) is 6.64. The lowest BCUT2D eigenvalue weighted by molar-refractivity contribution is 0.104. The van der Waals surface area contributed by atoms with E-state index in [0.717, 1.165) is 25.2 Å². The molecule has 1 aliphatic heterocycles. The number of hydrogen-bond donors (Lipinski definition) is 1. The molecule has 17 heavy (non-hydrogen) atoms. The van der Waals surface area contributed by atoms with Crippen molar-refractivity contribution in [2.45, 2.75) is 66.0 Å². The van der Waals surface area contributed by atoms with Gasteiger partial charge in [-0.2, -0.15) is 0 Å². The highest BCUT2D eigenvalue weighted by atomic mass is 35.5. The van der Waals surface area contributed by atoms with Gasteiger partial charge in [0.05, 0.1) is 0 Å². The van der Waals surface area contributed by atoms with Crippen molar-refractivity contribution in [3.05, 3.63) is 0 Å². The molecule has 3 heteroatoms. The summed E-state index contributed by atoms with van der Waals surface area (Å²) in [5.41, 5.74) is 0.402. The van der Waals surface area contributed by atoms with Gasteiger partial charge >= 0.3 is 0 Å². The van der Waals surface area contributed by atoms with E-state index < -0.39 is 0 Å². The van der Waals surface area contributed by atoms with Crippen molar-refractivity contribution in [2.24, 2.45) is 5.41 Å². The highest BCUT2D eigenvalue weighted by molar-refractivity contribution is 5.85. The molecular formula is C14H31ClN2. The monoisotopic (exact) mass is 262 g/mol. The van der Waals surface area contributed by atoms with Gasteiger partial charge in [0.15, 0.2) is 0 Å². The Balaban J connectivity index is 0.00000256. The summed E-state index contributed by atoms with van der Waals surface area (Å²) < 4.78 is 0. The van der Waals surface area contributed by atoms with Gasteiger partial charge in [-0.1, -0.05) is 27.2 Å². The van der Waals surface area contributed by atoms with E-state index in [-0.39, 0.29) is 12.4 Å².